The number of benzene rings is 1. The second kappa shape index (κ2) is 13.4. The van der Waals surface area contributed by atoms with Gasteiger partial charge in [0.15, 0.2) is 0 Å². The number of hydrogen-bond acceptors (Lipinski definition) is 6. The number of nitrogens with zero attached hydrogens (tertiary/aromatic N) is 3. The molecule has 0 unspecified atom stereocenters. The number of aliphatic hydroxyl groups is 1. The molecule has 4 rings (SSSR count). The van der Waals surface area contributed by atoms with Crippen molar-refractivity contribution in [1.82, 2.24) is 25.3 Å². The Labute approximate surface area is 239 Å². The Bertz CT molecular complexity index is 1010. The molecule has 1 aliphatic carbocycles. The zero-order valence-electron chi connectivity index (χ0n) is 24.7. The fourth-order valence-electron chi connectivity index (χ4n) is 6.54. The number of likely N-dealkylation sites (N-methyl/N-ethyl adjacent to an activating group) is 1. The van der Waals surface area contributed by atoms with E-state index in [1.165, 1.54) is 0 Å². The lowest BCUT2D eigenvalue weighted by Gasteiger charge is -2.52. The Morgan fingerprint density at radius 1 is 1.07 bits per heavy atom. The predicted octanol–water partition coefficient (Wildman–Crippen LogP) is 2.53. The molecule has 3 amide bonds. The quantitative estimate of drug-likeness (QED) is 0.388. The number of hydrogen-bond donors (Lipinski definition) is 3. The highest BCUT2D eigenvalue weighted by molar-refractivity contribution is 6.00. The van der Waals surface area contributed by atoms with E-state index < -0.39 is 17.2 Å². The minimum absolute atomic E-state index is 0.0278. The standard InChI is InChI=1S/C31H49N5O4/c1-4-5-18-36-28(38)26(22-30(40)13-7-6-8-14-30)33-29(39)31(36)15-19-35(20-16-31)23-24-9-11-25(12-10-24)27(37)32-17-21-34(2)3/h9-12,26,40H,4-8,13-23H2,1-3H3,(H,32,37)(H,33,39)/t26-/m1/s1. The highest BCUT2D eigenvalue weighted by Crippen LogP contribution is 2.37. The Morgan fingerprint density at radius 3 is 2.38 bits per heavy atom. The summed E-state index contributed by atoms with van der Waals surface area (Å²) in [5.41, 5.74) is 0.0896. The van der Waals surface area contributed by atoms with Gasteiger partial charge in [-0.1, -0.05) is 44.7 Å². The van der Waals surface area contributed by atoms with E-state index >= 15 is 0 Å². The molecule has 3 aliphatic rings. The second-order valence-electron chi connectivity index (χ2n) is 12.4. The van der Waals surface area contributed by atoms with Crippen molar-refractivity contribution in [2.24, 2.45) is 0 Å². The van der Waals surface area contributed by atoms with E-state index in [0.717, 1.165) is 50.8 Å². The number of rotatable bonds is 11. The third kappa shape index (κ3) is 7.22. The maximum Gasteiger partial charge on any atom is 0.251 e. The first-order valence-electron chi connectivity index (χ1n) is 15.2. The second-order valence-corrected chi connectivity index (χ2v) is 12.4. The van der Waals surface area contributed by atoms with Gasteiger partial charge in [0.25, 0.3) is 5.91 Å². The minimum Gasteiger partial charge on any atom is -0.390 e. The van der Waals surface area contributed by atoms with E-state index in [9.17, 15) is 19.5 Å². The highest BCUT2D eigenvalue weighted by Gasteiger charge is 2.54. The van der Waals surface area contributed by atoms with Crippen LogP contribution in [-0.2, 0) is 16.1 Å². The SMILES string of the molecule is CCCCN1C(=O)[C@@H](CC2(O)CCCCC2)NC(=O)C12CCN(Cc1ccc(C(=O)NCCN(C)C)cc1)CC2. The molecular weight excluding hydrogens is 506 g/mol. The molecule has 0 aromatic heterocycles. The maximum absolute atomic E-state index is 13.8. The van der Waals surface area contributed by atoms with Crippen molar-refractivity contribution in [2.75, 3.05) is 46.8 Å². The summed E-state index contributed by atoms with van der Waals surface area (Å²) in [4.78, 5) is 46.1. The van der Waals surface area contributed by atoms with Gasteiger partial charge in [-0.2, -0.15) is 0 Å². The van der Waals surface area contributed by atoms with Crippen LogP contribution in [0.2, 0.25) is 0 Å². The fraction of sp³-hybridized carbons (Fsp3) is 0.710. The monoisotopic (exact) mass is 555 g/mol. The van der Waals surface area contributed by atoms with Gasteiger partial charge in [0, 0.05) is 51.3 Å². The molecule has 40 heavy (non-hydrogen) atoms. The first kappa shape index (κ1) is 30.5. The van der Waals surface area contributed by atoms with Crippen LogP contribution in [0.15, 0.2) is 24.3 Å². The molecule has 0 radical (unpaired) electrons. The van der Waals surface area contributed by atoms with Gasteiger partial charge in [-0.25, -0.2) is 0 Å². The van der Waals surface area contributed by atoms with Crippen LogP contribution in [0.25, 0.3) is 0 Å². The van der Waals surface area contributed by atoms with Crippen LogP contribution < -0.4 is 10.6 Å². The Kier molecular flexibility index (Phi) is 10.2. The van der Waals surface area contributed by atoms with Gasteiger partial charge in [0.05, 0.1) is 5.60 Å². The third-order valence-corrected chi connectivity index (χ3v) is 9.06. The summed E-state index contributed by atoms with van der Waals surface area (Å²) in [6.07, 6.45) is 7.76. The summed E-state index contributed by atoms with van der Waals surface area (Å²) in [6, 6.07) is 7.08. The first-order valence-corrected chi connectivity index (χ1v) is 15.2. The summed E-state index contributed by atoms with van der Waals surface area (Å²) in [6.45, 7) is 6.24. The van der Waals surface area contributed by atoms with Crippen LogP contribution >= 0.6 is 0 Å². The molecule has 3 N–H and O–H groups in total. The average Bonchev–Trinajstić information content (AvgIpc) is 2.93. The van der Waals surface area contributed by atoms with Crippen LogP contribution in [0.5, 0.6) is 0 Å². The number of carbonyl (C=O) groups is 3. The lowest BCUT2D eigenvalue weighted by atomic mass is 9.77. The van der Waals surface area contributed by atoms with Gasteiger partial charge in [0.2, 0.25) is 11.8 Å². The number of carbonyl (C=O) groups excluding carboxylic acids is 3. The summed E-state index contributed by atoms with van der Waals surface area (Å²) >= 11 is 0. The normalized spacial score (nSPS) is 22.9. The molecule has 1 atom stereocenters. The highest BCUT2D eigenvalue weighted by atomic mass is 16.3. The number of unbranched alkanes of at least 4 members (excludes halogenated alkanes) is 1. The van der Waals surface area contributed by atoms with Crippen LogP contribution in [0.4, 0.5) is 0 Å². The lowest BCUT2D eigenvalue weighted by Crippen LogP contribution is -2.73. The molecule has 2 aliphatic heterocycles. The van der Waals surface area contributed by atoms with Crippen molar-refractivity contribution in [2.45, 2.75) is 94.9 Å². The van der Waals surface area contributed by atoms with Crippen molar-refractivity contribution < 1.29 is 19.5 Å². The minimum atomic E-state index is -0.863. The molecule has 2 heterocycles. The molecule has 2 saturated heterocycles. The third-order valence-electron chi connectivity index (χ3n) is 9.06. The number of piperazine rings is 1. The summed E-state index contributed by atoms with van der Waals surface area (Å²) < 4.78 is 0. The van der Waals surface area contributed by atoms with Crippen LogP contribution in [-0.4, -0.2) is 102 Å². The number of nitrogens with one attached hydrogen (secondary N) is 2. The zero-order valence-corrected chi connectivity index (χ0v) is 24.7. The molecule has 222 valence electrons. The van der Waals surface area contributed by atoms with Gasteiger partial charge in [-0.3, -0.25) is 19.3 Å². The topological polar surface area (TPSA) is 105 Å². The Balaban J connectivity index is 1.36. The first-order chi connectivity index (χ1) is 19.2. The number of piperidine rings is 1. The summed E-state index contributed by atoms with van der Waals surface area (Å²) in [7, 11) is 3.95. The van der Waals surface area contributed by atoms with E-state index in [1.807, 2.05) is 48.2 Å². The number of amides is 3. The van der Waals surface area contributed by atoms with Crippen LogP contribution in [0.3, 0.4) is 0 Å². The molecule has 1 aromatic rings. The molecule has 1 aromatic carbocycles. The number of likely N-dealkylation sites (tertiary alicyclic amines) is 1. The van der Waals surface area contributed by atoms with E-state index in [-0.39, 0.29) is 17.7 Å². The Hall–Kier alpha value is -2.49. The van der Waals surface area contributed by atoms with Gasteiger partial charge in [-0.15, -0.1) is 0 Å². The molecular formula is C31H49N5O4. The van der Waals surface area contributed by atoms with Gasteiger partial charge >= 0.3 is 0 Å². The molecule has 3 fully saturated rings. The van der Waals surface area contributed by atoms with Crippen molar-refractivity contribution in [3.8, 4) is 0 Å². The zero-order chi connectivity index (χ0) is 28.8. The van der Waals surface area contributed by atoms with Crippen molar-refractivity contribution in [3.05, 3.63) is 35.4 Å². The van der Waals surface area contributed by atoms with Crippen LogP contribution in [0.1, 0.15) is 87.1 Å². The molecule has 9 nitrogen and oxygen atoms in total. The molecule has 1 spiro atoms. The van der Waals surface area contributed by atoms with E-state index in [2.05, 4.69) is 22.5 Å². The molecule has 0 bridgehead atoms. The van der Waals surface area contributed by atoms with Gasteiger partial charge < -0.3 is 25.5 Å². The smallest absolute Gasteiger partial charge is 0.251 e. The van der Waals surface area contributed by atoms with Crippen molar-refractivity contribution in [1.29, 1.82) is 0 Å². The van der Waals surface area contributed by atoms with E-state index in [4.69, 9.17) is 0 Å². The Morgan fingerprint density at radius 2 is 1.75 bits per heavy atom. The summed E-state index contributed by atoms with van der Waals surface area (Å²) in [5, 5.41) is 17.1. The molecule has 9 heteroatoms. The van der Waals surface area contributed by atoms with E-state index in [0.29, 0.717) is 63.8 Å². The van der Waals surface area contributed by atoms with Gasteiger partial charge in [0.1, 0.15) is 11.6 Å². The van der Waals surface area contributed by atoms with Crippen LogP contribution in [0, 0.1) is 0 Å². The van der Waals surface area contributed by atoms with E-state index in [1.54, 1.807) is 0 Å². The largest absolute Gasteiger partial charge is 0.390 e. The summed E-state index contributed by atoms with van der Waals surface area (Å²) in [5.74, 6) is -0.154. The van der Waals surface area contributed by atoms with Crippen molar-refractivity contribution in [3.63, 3.8) is 0 Å². The molecule has 1 saturated carbocycles. The predicted molar refractivity (Wildman–Crippen MR) is 156 cm³/mol. The average molecular weight is 556 g/mol. The van der Waals surface area contributed by atoms with Crippen molar-refractivity contribution >= 4 is 17.7 Å². The fourth-order valence-corrected chi connectivity index (χ4v) is 6.54. The lowest BCUT2D eigenvalue weighted by molar-refractivity contribution is -0.163. The maximum atomic E-state index is 13.8. The van der Waals surface area contributed by atoms with Gasteiger partial charge in [-0.05, 0) is 63.9 Å².